The van der Waals surface area contributed by atoms with Gasteiger partial charge < -0.3 is 16.2 Å². The highest BCUT2D eigenvalue weighted by Crippen LogP contribution is 2.25. The Morgan fingerprint density at radius 3 is 2.59 bits per heavy atom. The fraction of sp³-hybridized carbons (Fsp3) is 0.462. The average Bonchev–Trinajstić information content (AvgIpc) is 2.25. The minimum atomic E-state index is -0.361. The summed E-state index contributed by atoms with van der Waals surface area (Å²) in [4.78, 5) is 10.9. The fourth-order valence-electron chi connectivity index (χ4n) is 1.44. The summed E-state index contributed by atoms with van der Waals surface area (Å²) in [7, 11) is 0. The molecule has 0 radical (unpaired) electrons. The van der Waals surface area contributed by atoms with Gasteiger partial charge in [-0.25, -0.2) is 0 Å². The number of carbonyl (C=O) groups is 1. The number of hydrogen-bond acceptors (Lipinski definition) is 3. The zero-order valence-corrected chi connectivity index (χ0v) is 10.6. The molecule has 1 rings (SSSR count). The van der Waals surface area contributed by atoms with Crippen LogP contribution in [0.4, 0.5) is 0 Å². The summed E-state index contributed by atoms with van der Waals surface area (Å²) in [5, 5.41) is 0. The predicted molar refractivity (Wildman–Crippen MR) is 67.6 cm³/mol. The second-order valence-corrected chi connectivity index (χ2v) is 4.44. The molecule has 4 heteroatoms. The third kappa shape index (κ3) is 3.75. The van der Waals surface area contributed by atoms with Crippen LogP contribution in [-0.2, 0) is 4.79 Å². The van der Waals surface area contributed by atoms with Gasteiger partial charge in [0, 0.05) is 11.6 Å². The van der Waals surface area contributed by atoms with Crippen molar-refractivity contribution >= 4 is 5.91 Å². The summed E-state index contributed by atoms with van der Waals surface area (Å²) >= 11 is 0. The summed E-state index contributed by atoms with van der Waals surface area (Å²) in [5.41, 5.74) is 13.1. The van der Waals surface area contributed by atoms with Crippen molar-refractivity contribution in [3.05, 3.63) is 29.3 Å². The van der Waals surface area contributed by atoms with Crippen molar-refractivity contribution in [3.63, 3.8) is 0 Å². The highest BCUT2D eigenvalue weighted by molar-refractivity contribution is 5.76. The largest absolute Gasteiger partial charge is 0.492 e. The number of aryl methyl sites for hydroxylation is 1. The van der Waals surface area contributed by atoms with Gasteiger partial charge in [-0.3, -0.25) is 4.79 Å². The van der Waals surface area contributed by atoms with E-state index in [9.17, 15) is 4.79 Å². The third-order valence-corrected chi connectivity index (χ3v) is 2.63. The molecule has 17 heavy (non-hydrogen) atoms. The Morgan fingerprint density at radius 2 is 2.06 bits per heavy atom. The van der Waals surface area contributed by atoms with Crippen molar-refractivity contribution in [2.24, 2.45) is 17.4 Å². The van der Waals surface area contributed by atoms with Crippen LogP contribution in [0.15, 0.2) is 18.2 Å². The maximum atomic E-state index is 10.9. The summed E-state index contributed by atoms with van der Waals surface area (Å²) in [6, 6.07) is 5.76. The maximum Gasteiger partial charge on any atom is 0.223 e. The Labute approximate surface area is 102 Å². The number of primary amides is 1. The van der Waals surface area contributed by atoms with Crippen LogP contribution in [0, 0.1) is 12.8 Å². The number of benzene rings is 1. The van der Waals surface area contributed by atoms with Crippen LogP contribution in [0.25, 0.3) is 0 Å². The van der Waals surface area contributed by atoms with Crippen molar-refractivity contribution in [1.82, 2.24) is 0 Å². The number of nitrogens with two attached hydrogens (primary N) is 2. The molecule has 94 valence electrons. The molecule has 4 N–H and O–H groups in total. The molecule has 2 unspecified atom stereocenters. The fourth-order valence-corrected chi connectivity index (χ4v) is 1.44. The molecule has 0 aliphatic carbocycles. The first-order chi connectivity index (χ1) is 7.91. The van der Waals surface area contributed by atoms with Crippen molar-refractivity contribution in [3.8, 4) is 5.75 Å². The van der Waals surface area contributed by atoms with Gasteiger partial charge in [0.15, 0.2) is 0 Å². The van der Waals surface area contributed by atoms with E-state index < -0.39 is 0 Å². The van der Waals surface area contributed by atoms with Gasteiger partial charge in [0.2, 0.25) is 5.91 Å². The Hall–Kier alpha value is -1.55. The smallest absolute Gasteiger partial charge is 0.223 e. The van der Waals surface area contributed by atoms with E-state index in [4.69, 9.17) is 16.2 Å². The number of hydrogen-bond donors (Lipinski definition) is 2. The Kier molecular flexibility index (Phi) is 4.52. The van der Waals surface area contributed by atoms with Crippen molar-refractivity contribution in [1.29, 1.82) is 0 Å². The van der Waals surface area contributed by atoms with E-state index in [1.54, 1.807) is 6.92 Å². The molecule has 0 aliphatic rings. The second-order valence-electron chi connectivity index (χ2n) is 4.44. The lowest BCUT2D eigenvalue weighted by atomic mass is 10.1. The molecular weight excluding hydrogens is 216 g/mol. The molecule has 2 atom stereocenters. The van der Waals surface area contributed by atoms with Gasteiger partial charge in [0.05, 0.1) is 12.5 Å². The van der Waals surface area contributed by atoms with Gasteiger partial charge in [-0.2, -0.15) is 0 Å². The molecule has 0 fully saturated rings. The van der Waals surface area contributed by atoms with Crippen LogP contribution in [-0.4, -0.2) is 12.5 Å². The summed E-state index contributed by atoms with van der Waals surface area (Å²) < 4.78 is 5.62. The van der Waals surface area contributed by atoms with Crippen LogP contribution in [0.5, 0.6) is 5.75 Å². The first kappa shape index (κ1) is 13.5. The highest BCUT2D eigenvalue weighted by Gasteiger charge is 2.12. The molecule has 0 saturated carbocycles. The Bertz CT molecular complexity index is 402. The molecule has 1 amide bonds. The van der Waals surface area contributed by atoms with Gasteiger partial charge in [0.1, 0.15) is 5.75 Å². The van der Waals surface area contributed by atoms with E-state index in [-0.39, 0.29) is 24.5 Å². The van der Waals surface area contributed by atoms with Crippen LogP contribution in [0.2, 0.25) is 0 Å². The predicted octanol–water partition coefficient (Wildman–Crippen LogP) is 1.51. The van der Waals surface area contributed by atoms with E-state index in [0.29, 0.717) is 0 Å². The number of carbonyl (C=O) groups excluding carboxylic acids is 1. The van der Waals surface area contributed by atoms with Gasteiger partial charge >= 0.3 is 0 Å². The van der Waals surface area contributed by atoms with E-state index >= 15 is 0 Å². The first-order valence-electron chi connectivity index (χ1n) is 5.70. The summed E-state index contributed by atoms with van der Waals surface area (Å²) in [6.45, 7) is 5.90. The van der Waals surface area contributed by atoms with Gasteiger partial charge in [-0.1, -0.05) is 19.1 Å². The molecular formula is C13H20N2O2. The monoisotopic (exact) mass is 236 g/mol. The standard InChI is InChI=1S/C13H20N2O2/c1-8-4-5-11(10(3)14)12(6-8)17-7-9(2)13(15)16/h4-6,9-10H,7,14H2,1-3H3,(H2,15,16). The lowest BCUT2D eigenvalue weighted by molar-refractivity contribution is -0.122. The lowest BCUT2D eigenvalue weighted by Gasteiger charge is -2.16. The molecule has 4 nitrogen and oxygen atoms in total. The van der Waals surface area contributed by atoms with E-state index in [0.717, 1.165) is 16.9 Å². The molecule has 0 aromatic heterocycles. The average molecular weight is 236 g/mol. The van der Waals surface area contributed by atoms with Gasteiger partial charge in [-0.15, -0.1) is 0 Å². The van der Waals surface area contributed by atoms with Crippen LogP contribution in [0.3, 0.4) is 0 Å². The van der Waals surface area contributed by atoms with Crippen LogP contribution in [0.1, 0.15) is 31.0 Å². The number of rotatable bonds is 5. The second kappa shape index (κ2) is 5.68. The first-order valence-corrected chi connectivity index (χ1v) is 5.70. The van der Waals surface area contributed by atoms with E-state index in [2.05, 4.69) is 0 Å². The van der Waals surface area contributed by atoms with Gasteiger partial charge in [-0.05, 0) is 25.5 Å². The highest BCUT2D eigenvalue weighted by atomic mass is 16.5. The maximum absolute atomic E-state index is 10.9. The van der Waals surface area contributed by atoms with Crippen LogP contribution >= 0.6 is 0 Å². The van der Waals surface area contributed by atoms with Crippen molar-refractivity contribution in [2.45, 2.75) is 26.8 Å². The zero-order chi connectivity index (χ0) is 13.0. The molecule has 0 saturated heterocycles. The van der Waals surface area contributed by atoms with Gasteiger partial charge in [0.25, 0.3) is 0 Å². The molecule has 0 spiro atoms. The van der Waals surface area contributed by atoms with E-state index in [1.165, 1.54) is 0 Å². The molecule has 1 aromatic rings. The minimum Gasteiger partial charge on any atom is -0.492 e. The Balaban J connectivity index is 2.82. The van der Waals surface area contributed by atoms with E-state index in [1.807, 2.05) is 32.0 Å². The summed E-state index contributed by atoms with van der Waals surface area (Å²) in [6.07, 6.45) is 0. The number of ether oxygens (including phenoxy) is 1. The topological polar surface area (TPSA) is 78.3 Å². The quantitative estimate of drug-likeness (QED) is 0.813. The minimum absolute atomic E-state index is 0.102. The third-order valence-electron chi connectivity index (χ3n) is 2.63. The normalized spacial score (nSPS) is 14.1. The lowest BCUT2D eigenvalue weighted by Crippen LogP contribution is -2.26. The molecule has 0 aliphatic heterocycles. The molecule has 1 aromatic carbocycles. The van der Waals surface area contributed by atoms with Crippen molar-refractivity contribution in [2.75, 3.05) is 6.61 Å². The number of amides is 1. The summed E-state index contributed by atoms with van der Waals surface area (Å²) in [5.74, 6) is 0.0598. The van der Waals surface area contributed by atoms with Crippen LogP contribution < -0.4 is 16.2 Å². The molecule has 0 heterocycles. The SMILES string of the molecule is Cc1ccc(C(C)N)c(OCC(C)C(N)=O)c1. The Morgan fingerprint density at radius 1 is 1.41 bits per heavy atom. The molecule has 0 bridgehead atoms. The van der Waals surface area contributed by atoms with Crippen molar-refractivity contribution < 1.29 is 9.53 Å². The zero-order valence-electron chi connectivity index (χ0n) is 10.6.